The van der Waals surface area contributed by atoms with E-state index in [1.807, 2.05) is 0 Å². The first kappa shape index (κ1) is 38.0. The molecule has 0 aliphatic heterocycles. The number of hydrogen-bond donors (Lipinski definition) is 0. The van der Waals surface area contributed by atoms with Crippen LogP contribution >= 0.6 is 0 Å². The predicted octanol–water partition coefficient (Wildman–Crippen LogP) is 5.05. The van der Waals surface area contributed by atoms with Crippen molar-refractivity contribution in [2.75, 3.05) is 0 Å². The first-order valence-electron chi connectivity index (χ1n) is 17.8. The van der Waals surface area contributed by atoms with Crippen LogP contribution in [0.4, 0.5) is 0 Å². The maximum Gasteiger partial charge on any atom is -1.00 e. The van der Waals surface area contributed by atoms with Crippen molar-refractivity contribution in [1.29, 1.82) is 0 Å². The van der Waals surface area contributed by atoms with Crippen molar-refractivity contribution in [2.24, 2.45) is 0 Å². The van der Waals surface area contributed by atoms with Gasteiger partial charge in [0.15, 0.2) is 0 Å². The normalized spacial score (nSPS) is 14.2. The van der Waals surface area contributed by atoms with Crippen LogP contribution in [0.15, 0.2) is 140 Å². The zero-order valence-electron chi connectivity index (χ0n) is 30.7. The van der Waals surface area contributed by atoms with Crippen LogP contribution < -0.4 is 35.3 Å². The molecule has 1 atom stereocenters. The summed E-state index contributed by atoms with van der Waals surface area (Å²) in [6.45, 7) is 14.2. The Kier molecular flexibility index (Phi) is 10.7. The zero-order chi connectivity index (χ0) is 34.8. The first-order valence-corrected chi connectivity index (χ1v) is 19.1. The van der Waals surface area contributed by atoms with E-state index < -0.39 is 0 Å². The molecule has 2 aliphatic carbocycles. The van der Waals surface area contributed by atoms with Gasteiger partial charge in [-0.3, -0.25) is 0 Å². The van der Waals surface area contributed by atoms with Gasteiger partial charge < -0.3 is 24.8 Å². The molecule has 0 amide bonds. The van der Waals surface area contributed by atoms with E-state index in [0.717, 1.165) is 0 Å². The third-order valence-electron chi connectivity index (χ3n) is 10.5. The van der Waals surface area contributed by atoms with Crippen LogP contribution in [0.3, 0.4) is 0 Å². The molecule has 0 fully saturated rings. The van der Waals surface area contributed by atoms with Crippen molar-refractivity contribution in [2.45, 2.75) is 58.3 Å². The molecule has 0 N–H and O–H groups in total. The molecule has 1 unspecified atom stereocenters. The van der Waals surface area contributed by atoms with E-state index in [1.54, 1.807) is 0 Å². The second-order valence-corrected chi connectivity index (χ2v) is 17.1. The molecule has 0 radical (unpaired) electrons. The van der Waals surface area contributed by atoms with Crippen LogP contribution in [-0.2, 0) is 35.5 Å². The second kappa shape index (κ2) is 14.6. The van der Waals surface area contributed by atoms with E-state index in [-0.39, 0.29) is 41.6 Å². The minimum absolute atomic E-state index is 0. The zero-order valence-corrected chi connectivity index (χ0v) is 34.7. The molecule has 0 saturated heterocycles. The molecule has 2 aliphatic rings. The van der Waals surface area contributed by atoms with Gasteiger partial charge in [0.2, 0.25) is 0 Å². The van der Waals surface area contributed by atoms with Gasteiger partial charge in [-0.1, -0.05) is 0 Å². The van der Waals surface area contributed by atoms with Gasteiger partial charge in [0, 0.05) is 0 Å². The first-order chi connectivity index (χ1) is 24.0. The summed E-state index contributed by atoms with van der Waals surface area (Å²) in [6.07, 6.45) is 4.89. The van der Waals surface area contributed by atoms with Gasteiger partial charge in [0.05, 0.1) is 0 Å². The van der Waals surface area contributed by atoms with Crippen LogP contribution in [0.1, 0.15) is 92.0 Å². The summed E-state index contributed by atoms with van der Waals surface area (Å²) in [7, 11) is 0. The van der Waals surface area contributed by atoms with Gasteiger partial charge in [0.25, 0.3) is 0 Å². The summed E-state index contributed by atoms with van der Waals surface area (Å²) in [5, 5.41) is 2.78. The Morgan fingerprint density at radius 3 is 1.73 bits per heavy atom. The summed E-state index contributed by atoms with van der Waals surface area (Å²) in [5.74, 6) is 0.135. The number of allylic oxidation sites excluding steroid dienone is 1. The van der Waals surface area contributed by atoms with E-state index >= 15 is 0 Å². The number of fused-ring (bicyclic) bond motifs is 4. The quantitative estimate of drug-likeness (QED) is 0.235. The van der Waals surface area contributed by atoms with E-state index in [1.165, 1.54) is 111 Å². The van der Waals surface area contributed by atoms with Crippen LogP contribution in [0.25, 0.3) is 37.2 Å². The summed E-state index contributed by atoms with van der Waals surface area (Å²) < 4.78 is 1.47. The molecule has 52 heavy (non-hydrogen) atoms. The van der Waals surface area contributed by atoms with E-state index in [4.69, 9.17) is 0 Å². The predicted molar refractivity (Wildman–Crippen MR) is 208 cm³/mol. The van der Waals surface area contributed by atoms with Gasteiger partial charge in [-0.2, -0.15) is 0 Å². The standard InChI is InChI=1S/C49H43.2ClH.Zr/c1-48(2,3)36-25-26-38-35(29-36)30-43-42(38)31-44(45(33-19-12-8-13-20-33)34-21-14-9-15-22-34)47(49(4,5)6)46(43)41-28-27-40-37(23-16-24-39(40)41)32-17-10-7-11-18-32;;;/h7-29,31,41H,1-6H3;2*1H;/q;;;+2/p-2. The molecular formula is C49H43Cl2Zr. The van der Waals surface area contributed by atoms with Crippen molar-refractivity contribution < 1.29 is 49.5 Å². The van der Waals surface area contributed by atoms with Gasteiger partial charge >= 0.3 is 315 Å². The summed E-state index contributed by atoms with van der Waals surface area (Å²) in [5.41, 5.74) is 17.5. The molecule has 0 bridgehead atoms. The third kappa shape index (κ3) is 6.55. The maximum atomic E-state index is 2.56. The molecule has 0 heterocycles. The van der Waals surface area contributed by atoms with E-state index in [9.17, 15) is 0 Å². The van der Waals surface area contributed by atoms with Crippen molar-refractivity contribution in [3.05, 3.63) is 194 Å². The molecule has 0 saturated carbocycles. The number of benzene rings is 6. The van der Waals surface area contributed by atoms with Crippen LogP contribution in [-0.4, -0.2) is 0 Å². The molecule has 3 heteroatoms. The average Bonchev–Trinajstić information content (AvgIpc) is 3.67. The van der Waals surface area contributed by atoms with Gasteiger partial charge in [-0.25, -0.2) is 0 Å². The Morgan fingerprint density at radius 1 is 0.558 bits per heavy atom. The summed E-state index contributed by atoms with van der Waals surface area (Å²) in [6, 6.07) is 49.7. The van der Waals surface area contributed by atoms with Crippen LogP contribution in [0.2, 0.25) is 0 Å². The molecule has 0 spiro atoms. The minimum Gasteiger partial charge on any atom is -1.00 e. The Morgan fingerprint density at radius 2 is 1.15 bits per heavy atom. The molecule has 0 aromatic heterocycles. The van der Waals surface area contributed by atoms with Gasteiger partial charge in [0.1, 0.15) is 0 Å². The SMILES string of the molecule is CC(C)(C)c1ccc2c(c1)[C]([Zr+2])=c1c-2cc(=C(c2ccccc2)c2ccccc2)c(C(C)(C)C)c1C1C=Cc2c(-c3ccccc3)cccc21.[Cl-].[Cl-]. The molecule has 0 nitrogen and oxygen atoms in total. The second-order valence-electron chi connectivity index (χ2n) is 15.9. The number of hydrogen-bond acceptors (Lipinski definition) is 0. The van der Waals surface area contributed by atoms with Crippen molar-refractivity contribution >= 4 is 14.9 Å². The Bertz CT molecular complexity index is 2390. The Balaban J connectivity index is 0.00000232. The average molecular weight is 794 g/mol. The molecule has 6 aromatic carbocycles. The number of halogens is 2. The largest absolute Gasteiger partial charge is 1.00 e. The van der Waals surface area contributed by atoms with Gasteiger partial charge in [-0.15, -0.1) is 0 Å². The Hall–Kier alpha value is -3.74. The number of rotatable bonds is 4. The summed E-state index contributed by atoms with van der Waals surface area (Å²) in [4.78, 5) is 0. The molecule has 8 rings (SSSR count). The third-order valence-corrected chi connectivity index (χ3v) is 11.8. The monoisotopic (exact) mass is 791 g/mol. The van der Waals surface area contributed by atoms with Gasteiger partial charge in [-0.05, 0) is 0 Å². The summed E-state index contributed by atoms with van der Waals surface area (Å²) >= 11 is 1.46. The van der Waals surface area contributed by atoms with Crippen molar-refractivity contribution in [1.82, 2.24) is 0 Å². The fraction of sp³-hybridized carbons (Fsp3) is 0.184. The van der Waals surface area contributed by atoms with E-state index in [2.05, 4.69) is 187 Å². The molecule has 257 valence electrons. The molecule has 6 aromatic rings. The van der Waals surface area contributed by atoms with Crippen LogP contribution in [0.5, 0.6) is 0 Å². The van der Waals surface area contributed by atoms with Crippen LogP contribution in [0, 0.1) is 0 Å². The van der Waals surface area contributed by atoms with Crippen molar-refractivity contribution in [3.8, 4) is 22.3 Å². The Labute approximate surface area is 337 Å². The maximum absolute atomic E-state index is 2.56. The smallest absolute Gasteiger partial charge is 1.00 e. The topological polar surface area (TPSA) is 0 Å². The fourth-order valence-electron chi connectivity index (χ4n) is 8.23. The fourth-order valence-corrected chi connectivity index (χ4v) is 9.40. The minimum atomic E-state index is -0.135. The van der Waals surface area contributed by atoms with E-state index in [0.29, 0.717) is 0 Å². The molecular weight excluding hydrogens is 751 g/mol. The van der Waals surface area contributed by atoms with Crippen molar-refractivity contribution in [3.63, 3.8) is 0 Å².